The second-order valence-corrected chi connectivity index (χ2v) is 6.54. The number of aromatic nitrogens is 1. The Labute approximate surface area is 134 Å². The zero-order chi connectivity index (χ0) is 16.8. The van der Waals surface area contributed by atoms with Gasteiger partial charge < -0.3 is 11.5 Å². The van der Waals surface area contributed by atoms with Crippen molar-refractivity contribution in [2.24, 2.45) is 5.73 Å². The van der Waals surface area contributed by atoms with Crippen molar-refractivity contribution in [1.82, 2.24) is 4.98 Å². The van der Waals surface area contributed by atoms with Crippen LogP contribution in [0.25, 0.3) is 0 Å². The molecule has 5 N–H and O–H groups in total. The van der Waals surface area contributed by atoms with E-state index in [0.29, 0.717) is 0 Å². The molecular formula is C15H29N3O3S. The van der Waals surface area contributed by atoms with E-state index in [1.165, 1.54) is 57.6 Å². The van der Waals surface area contributed by atoms with Crippen LogP contribution < -0.4 is 11.5 Å². The fraction of sp³-hybridized carbons (Fsp3) is 0.667. The lowest BCUT2D eigenvalue weighted by Crippen LogP contribution is -2.02. The Balaban J connectivity index is 0.000000401. The second kappa shape index (κ2) is 12.4. The molecule has 0 atom stereocenters. The number of pyridine rings is 1. The normalized spacial score (nSPS) is 10.9. The quantitative estimate of drug-likeness (QED) is 0.472. The summed E-state index contributed by atoms with van der Waals surface area (Å²) in [5.41, 5.74) is 10.5. The van der Waals surface area contributed by atoms with Crippen molar-refractivity contribution >= 4 is 15.8 Å². The summed E-state index contributed by atoms with van der Waals surface area (Å²) in [4.78, 5) is 3.25. The maximum Gasteiger partial charge on any atom is 0.296 e. The summed E-state index contributed by atoms with van der Waals surface area (Å²) in [6.07, 6.45) is 13.4. The monoisotopic (exact) mass is 331 g/mol. The summed E-state index contributed by atoms with van der Waals surface area (Å²) in [5.74, 6) is 0. The second-order valence-electron chi connectivity index (χ2n) is 5.15. The first-order valence-corrected chi connectivity index (χ1v) is 9.24. The maximum atomic E-state index is 10.5. The highest BCUT2D eigenvalue weighted by molar-refractivity contribution is 7.86. The van der Waals surface area contributed by atoms with Crippen LogP contribution in [-0.2, 0) is 10.1 Å². The average Bonchev–Trinajstić information content (AvgIpc) is 2.46. The highest BCUT2D eigenvalue weighted by atomic mass is 32.2. The number of nitrogen functional groups attached to an aromatic ring is 1. The number of rotatable bonds is 9. The van der Waals surface area contributed by atoms with E-state index in [1.807, 2.05) is 0 Å². The maximum absolute atomic E-state index is 10.5. The molecule has 1 heterocycles. The topological polar surface area (TPSA) is 119 Å². The molecule has 128 valence electrons. The van der Waals surface area contributed by atoms with Gasteiger partial charge in [-0.3, -0.25) is 9.54 Å². The smallest absolute Gasteiger partial charge is 0.296 e. The average molecular weight is 331 g/mol. The Morgan fingerprint density at radius 2 is 1.64 bits per heavy atom. The molecule has 0 aliphatic rings. The lowest BCUT2D eigenvalue weighted by molar-refractivity contribution is 0.483. The van der Waals surface area contributed by atoms with Crippen LogP contribution in [0.5, 0.6) is 0 Å². The van der Waals surface area contributed by atoms with Gasteiger partial charge in [0.1, 0.15) is 4.90 Å². The van der Waals surface area contributed by atoms with E-state index in [2.05, 4.69) is 11.9 Å². The van der Waals surface area contributed by atoms with Crippen LogP contribution in [0.3, 0.4) is 0 Å². The van der Waals surface area contributed by atoms with Crippen molar-refractivity contribution in [3.63, 3.8) is 0 Å². The Morgan fingerprint density at radius 3 is 2.05 bits per heavy atom. The Bertz CT molecular complexity index is 485. The van der Waals surface area contributed by atoms with Crippen LogP contribution in [0.2, 0.25) is 0 Å². The van der Waals surface area contributed by atoms with E-state index < -0.39 is 10.1 Å². The highest BCUT2D eigenvalue weighted by Crippen LogP contribution is 2.14. The fourth-order valence-electron chi connectivity index (χ4n) is 1.91. The number of nitrogens with zero attached hydrogens (tertiary/aromatic N) is 1. The van der Waals surface area contributed by atoms with E-state index in [9.17, 15) is 8.42 Å². The lowest BCUT2D eigenvalue weighted by atomic mass is 10.1. The zero-order valence-corrected chi connectivity index (χ0v) is 14.2. The van der Waals surface area contributed by atoms with Crippen LogP contribution in [0, 0.1) is 0 Å². The molecule has 0 fully saturated rings. The van der Waals surface area contributed by atoms with E-state index >= 15 is 0 Å². The molecule has 0 aromatic carbocycles. The van der Waals surface area contributed by atoms with Gasteiger partial charge in [-0.25, -0.2) is 0 Å². The number of anilines is 1. The molecule has 0 saturated carbocycles. The van der Waals surface area contributed by atoms with Crippen molar-refractivity contribution in [2.45, 2.75) is 63.2 Å². The summed E-state index contributed by atoms with van der Waals surface area (Å²) < 4.78 is 29.5. The molecule has 0 radical (unpaired) electrons. The molecule has 1 aromatic rings. The predicted octanol–water partition coefficient (Wildman–Crippen LogP) is 3.00. The molecule has 1 rings (SSSR count). The van der Waals surface area contributed by atoms with Gasteiger partial charge >= 0.3 is 0 Å². The van der Waals surface area contributed by atoms with Crippen molar-refractivity contribution in [3.05, 3.63) is 18.5 Å². The standard InChI is InChI=1S/C10H23N.C5H6N2O3S/c1-2-3-4-5-6-7-8-9-10-11;6-4-3-7-2-1-5(4)11(8,9)10/h2-11H2,1H3;1-3H,6H2,(H,8,9,10). The van der Waals surface area contributed by atoms with Crippen molar-refractivity contribution < 1.29 is 13.0 Å². The van der Waals surface area contributed by atoms with Gasteiger partial charge in [-0.15, -0.1) is 0 Å². The Hall–Kier alpha value is -1.18. The summed E-state index contributed by atoms with van der Waals surface area (Å²) in [7, 11) is -4.20. The highest BCUT2D eigenvalue weighted by Gasteiger charge is 2.12. The third-order valence-corrected chi connectivity index (χ3v) is 4.07. The Kier molecular flexibility index (Phi) is 11.7. The van der Waals surface area contributed by atoms with Crippen LogP contribution in [-0.4, -0.2) is 24.5 Å². The van der Waals surface area contributed by atoms with Crippen LogP contribution in [0.15, 0.2) is 23.4 Å². The number of hydrogen-bond acceptors (Lipinski definition) is 5. The number of nitrogens with two attached hydrogens (primary N) is 2. The molecule has 0 aliphatic carbocycles. The molecular weight excluding hydrogens is 302 g/mol. The number of hydrogen-bond donors (Lipinski definition) is 3. The SMILES string of the molecule is CCCCCCCCCCN.Nc1cnccc1S(=O)(=O)O. The van der Waals surface area contributed by atoms with E-state index in [-0.39, 0.29) is 10.6 Å². The molecule has 22 heavy (non-hydrogen) atoms. The molecule has 7 heteroatoms. The Morgan fingerprint density at radius 1 is 1.09 bits per heavy atom. The van der Waals surface area contributed by atoms with Gasteiger partial charge in [-0.05, 0) is 19.0 Å². The minimum atomic E-state index is -4.20. The number of unbranched alkanes of at least 4 members (excludes halogenated alkanes) is 7. The summed E-state index contributed by atoms with van der Waals surface area (Å²) in [6.45, 7) is 3.13. The third-order valence-electron chi connectivity index (χ3n) is 3.15. The minimum absolute atomic E-state index is 0.0602. The lowest BCUT2D eigenvalue weighted by Gasteiger charge is -1.99. The van der Waals surface area contributed by atoms with Gasteiger partial charge in [0.25, 0.3) is 10.1 Å². The van der Waals surface area contributed by atoms with Crippen LogP contribution in [0.4, 0.5) is 5.69 Å². The van der Waals surface area contributed by atoms with Gasteiger partial charge in [-0.1, -0.05) is 51.9 Å². The molecule has 0 spiro atoms. The first-order valence-electron chi connectivity index (χ1n) is 7.80. The summed E-state index contributed by atoms with van der Waals surface area (Å²) in [5, 5.41) is 0. The fourth-order valence-corrected chi connectivity index (χ4v) is 2.49. The van der Waals surface area contributed by atoms with Crippen molar-refractivity contribution in [3.8, 4) is 0 Å². The summed E-state index contributed by atoms with van der Waals surface area (Å²) in [6, 6.07) is 1.13. The first kappa shape index (κ1) is 20.8. The largest absolute Gasteiger partial charge is 0.396 e. The van der Waals surface area contributed by atoms with E-state index in [4.69, 9.17) is 16.0 Å². The minimum Gasteiger partial charge on any atom is -0.396 e. The van der Waals surface area contributed by atoms with E-state index in [1.54, 1.807) is 0 Å². The van der Waals surface area contributed by atoms with Crippen LogP contribution in [0.1, 0.15) is 58.3 Å². The van der Waals surface area contributed by atoms with Gasteiger partial charge in [0, 0.05) is 6.20 Å². The molecule has 0 bridgehead atoms. The summed E-state index contributed by atoms with van der Waals surface area (Å²) >= 11 is 0. The van der Waals surface area contributed by atoms with E-state index in [0.717, 1.165) is 18.8 Å². The van der Waals surface area contributed by atoms with Crippen molar-refractivity contribution in [1.29, 1.82) is 0 Å². The molecule has 0 unspecified atom stereocenters. The van der Waals surface area contributed by atoms with Crippen molar-refractivity contribution in [2.75, 3.05) is 12.3 Å². The molecule has 0 amide bonds. The van der Waals surface area contributed by atoms with Gasteiger partial charge in [-0.2, -0.15) is 8.42 Å². The molecule has 0 saturated heterocycles. The molecule has 0 aliphatic heterocycles. The van der Waals surface area contributed by atoms with Crippen LogP contribution >= 0.6 is 0 Å². The molecule has 1 aromatic heterocycles. The van der Waals surface area contributed by atoms with Gasteiger partial charge in [0.15, 0.2) is 0 Å². The molecule has 6 nitrogen and oxygen atoms in total. The predicted molar refractivity (Wildman–Crippen MR) is 90.1 cm³/mol. The van der Waals surface area contributed by atoms with Gasteiger partial charge in [0.05, 0.1) is 11.9 Å². The third kappa shape index (κ3) is 10.5. The van der Waals surface area contributed by atoms with Gasteiger partial charge in [0.2, 0.25) is 0 Å². The zero-order valence-electron chi connectivity index (χ0n) is 13.4. The first-order chi connectivity index (χ1) is 10.4.